The first-order valence-electron chi connectivity index (χ1n) is 11.4. The van der Waals surface area contributed by atoms with Crippen molar-refractivity contribution in [1.82, 2.24) is 24.3 Å². The molecule has 0 spiro atoms. The predicted octanol–water partition coefficient (Wildman–Crippen LogP) is 2.09. The quantitative estimate of drug-likeness (QED) is 0.580. The SMILES string of the molecule is COc1cc(-n2cc(CN3C[C@@H](c4ccc5c(c4C)COC5=O)N[C@@H](C)C3)n(C)c2=O)ccn1. The Morgan fingerprint density at radius 2 is 2.06 bits per heavy atom. The van der Waals surface area contributed by atoms with Crippen LogP contribution in [0.4, 0.5) is 0 Å². The first kappa shape index (κ1) is 22.4. The number of cyclic esters (lactones) is 1. The molecule has 178 valence electrons. The van der Waals surface area contributed by atoms with Gasteiger partial charge >= 0.3 is 11.7 Å². The number of piperazine rings is 1. The predicted molar refractivity (Wildman–Crippen MR) is 126 cm³/mol. The summed E-state index contributed by atoms with van der Waals surface area (Å²) in [5.41, 5.74) is 5.49. The van der Waals surface area contributed by atoms with Crippen LogP contribution in [0.3, 0.4) is 0 Å². The van der Waals surface area contributed by atoms with Crippen LogP contribution in [0.2, 0.25) is 0 Å². The van der Waals surface area contributed by atoms with Crippen molar-refractivity contribution in [2.24, 2.45) is 7.05 Å². The second kappa shape index (κ2) is 8.73. The van der Waals surface area contributed by atoms with Gasteiger partial charge < -0.3 is 14.8 Å². The Bertz CT molecular complexity index is 1310. The number of ether oxygens (including phenoxy) is 2. The minimum atomic E-state index is -0.242. The van der Waals surface area contributed by atoms with Crippen molar-refractivity contribution in [1.29, 1.82) is 0 Å². The number of benzene rings is 1. The van der Waals surface area contributed by atoms with Gasteiger partial charge in [0.15, 0.2) is 0 Å². The minimum absolute atomic E-state index is 0.109. The van der Waals surface area contributed by atoms with Crippen molar-refractivity contribution in [2.45, 2.75) is 39.1 Å². The van der Waals surface area contributed by atoms with Crippen LogP contribution in [0.25, 0.3) is 5.69 Å². The number of fused-ring (bicyclic) bond motifs is 1. The summed E-state index contributed by atoms with van der Waals surface area (Å²) in [6.45, 7) is 6.88. The highest BCUT2D eigenvalue weighted by Gasteiger charge is 2.30. The molecule has 0 bridgehead atoms. The molecule has 3 aromatic rings. The number of pyridine rings is 1. The fraction of sp³-hybridized carbons (Fsp3) is 0.400. The van der Waals surface area contributed by atoms with Crippen LogP contribution in [0, 0.1) is 6.92 Å². The number of carbonyl (C=O) groups is 1. The van der Waals surface area contributed by atoms with Crippen molar-refractivity contribution < 1.29 is 14.3 Å². The molecule has 1 N–H and O–H groups in total. The molecular formula is C25H29N5O4. The number of imidazole rings is 1. The molecule has 5 rings (SSSR count). The maximum Gasteiger partial charge on any atom is 0.338 e. The average molecular weight is 464 g/mol. The Morgan fingerprint density at radius 3 is 2.85 bits per heavy atom. The van der Waals surface area contributed by atoms with E-state index in [-0.39, 0.29) is 23.7 Å². The molecule has 34 heavy (non-hydrogen) atoms. The summed E-state index contributed by atoms with van der Waals surface area (Å²) in [4.78, 5) is 31.4. The maximum atomic E-state index is 13.0. The summed E-state index contributed by atoms with van der Waals surface area (Å²) in [5.74, 6) is 0.221. The fourth-order valence-electron chi connectivity index (χ4n) is 5.03. The number of rotatable bonds is 5. The number of nitrogens with zero attached hydrogens (tertiary/aromatic N) is 4. The van der Waals surface area contributed by atoms with E-state index < -0.39 is 0 Å². The summed E-state index contributed by atoms with van der Waals surface area (Å²) in [7, 11) is 3.36. The van der Waals surface area contributed by atoms with E-state index >= 15 is 0 Å². The number of nitrogens with one attached hydrogen (secondary N) is 1. The molecule has 0 radical (unpaired) electrons. The second-order valence-electron chi connectivity index (χ2n) is 9.08. The van der Waals surface area contributed by atoms with Gasteiger partial charge in [0.1, 0.15) is 6.61 Å². The van der Waals surface area contributed by atoms with Gasteiger partial charge in [0.25, 0.3) is 0 Å². The first-order valence-corrected chi connectivity index (χ1v) is 11.4. The van der Waals surface area contributed by atoms with E-state index in [2.05, 4.69) is 29.0 Å². The van der Waals surface area contributed by atoms with E-state index in [1.807, 2.05) is 18.3 Å². The lowest BCUT2D eigenvalue weighted by Gasteiger charge is -2.38. The monoisotopic (exact) mass is 463 g/mol. The Balaban J connectivity index is 1.39. The maximum absolute atomic E-state index is 13.0. The molecule has 0 aliphatic carbocycles. The largest absolute Gasteiger partial charge is 0.481 e. The molecule has 9 heteroatoms. The van der Waals surface area contributed by atoms with Crippen LogP contribution in [0.15, 0.2) is 41.5 Å². The van der Waals surface area contributed by atoms with Crippen LogP contribution in [0.5, 0.6) is 5.88 Å². The van der Waals surface area contributed by atoms with Crippen LogP contribution < -0.4 is 15.7 Å². The van der Waals surface area contributed by atoms with E-state index in [4.69, 9.17) is 9.47 Å². The molecule has 1 aromatic carbocycles. The summed E-state index contributed by atoms with van der Waals surface area (Å²) in [6, 6.07) is 7.85. The van der Waals surface area contributed by atoms with Gasteiger partial charge in [-0.1, -0.05) is 6.07 Å². The molecule has 0 amide bonds. The summed E-state index contributed by atoms with van der Waals surface area (Å²) >= 11 is 0. The Morgan fingerprint density at radius 1 is 1.24 bits per heavy atom. The highest BCUT2D eigenvalue weighted by Crippen LogP contribution is 2.31. The van der Waals surface area contributed by atoms with Crippen LogP contribution in [-0.4, -0.2) is 51.2 Å². The van der Waals surface area contributed by atoms with Crippen LogP contribution in [0.1, 0.15) is 45.7 Å². The van der Waals surface area contributed by atoms with Gasteiger partial charge in [-0.15, -0.1) is 0 Å². The summed E-state index contributed by atoms with van der Waals surface area (Å²) in [5, 5.41) is 3.70. The van der Waals surface area contributed by atoms with Crippen LogP contribution >= 0.6 is 0 Å². The van der Waals surface area contributed by atoms with Crippen molar-refractivity contribution in [3.8, 4) is 11.6 Å². The molecule has 1 saturated heterocycles. The van der Waals surface area contributed by atoms with Gasteiger partial charge in [-0.05, 0) is 37.1 Å². The molecule has 4 heterocycles. The third-order valence-corrected chi connectivity index (χ3v) is 6.84. The second-order valence-corrected chi connectivity index (χ2v) is 9.08. The van der Waals surface area contributed by atoms with E-state index in [0.29, 0.717) is 24.6 Å². The highest BCUT2D eigenvalue weighted by atomic mass is 16.5. The fourth-order valence-corrected chi connectivity index (χ4v) is 5.03. The highest BCUT2D eigenvalue weighted by molar-refractivity contribution is 5.94. The number of methoxy groups -OCH3 is 1. The Kier molecular flexibility index (Phi) is 5.75. The zero-order valence-corrected chi connectivity index (χ0v) is 19.9. The van der Waals surface area contributed by atoms with Gasteiger partial charge in [-0.3, -0.25) is 14.0 Å². The smallest absolute Gasteiger partial charge is 0.338 e. The molecular weight excluding hydrogens is 434 g/mol. The molecule has 1 fully saturated rings. The lowest BCUT2D eigenvalue weighted by atomic mass is 9.92. The van der Waals surface area contributed by atoms with Gasteiger partial charge in [0.05, 0.1) is 24.1 Å². The zero-order chi connectivity index (χ0) is 24.0. The lowest BCUT2D eigenvalue weighted by molar-refractivity contribution is 0.0535. The van der Waals surface area contributed by atoms with Gasteiger partial charge in [-0.25, -0.2) is 14.6 Å². The van der Waals surface area contributed by atoms with E-state index in [9.17, 15) is 9.59 Å². The van der Waals surface area contributed by atoms with E-state index in [1.165, 1.54) is 5.56 Å². The van der Waals surface area contributed by atoms with Gasteiger partial charge in [-0.2, -0.15) is 0 Å². The van der Waals surface area contributed by atoms with Crippen molar-refractivity contribution in [3.63, 3.8) is 0 Å². The molecule has 0 saturated carbocycles. The molecule has 2 aliphatic heterocycles. The van der Waals surface area contributed by atoms with E-state index in [0.717, 1.165) is 35.6 Å². The van der Waals surface area contributed by atoms with Gasteiger partial charge in [0.2, 0.25) is 5.88 Å². The number of aromatic nitrogens is 3. The number of esters is 1. The summed E-state index contributed by atoms with van der Waals surface area (Å²) < 4.78 is 13.8. The average Bonchev–Trinajstić information content (AvgIpc) is 3.34. The minimum Gasteiger partial charge on any atom is -0.481 e. The normalized spacial score (nSPS) is 20.3. The van der Waals surface area contributed by atoms with Crippen molar-refractivity contribution in [3.05, 3.63) is 75.1 Å². The van der Waals surface area contributed by atoms with Crippen molar-refractivity contribution >= 4 is 5.97 Å². The molecule has 2 aliphatic rings. The standard InChI is InChI=1S/C25H29N5O4/c1-15-10-29(13-22(27-15)19-5-6-20-21(16(19)2)14-34-24(20)31)11-18-12-30(25(32)28(18)3)17-7-8-26-23(9-17)33-4/h5-9,12,15,22,27H,10-11,13-14H2,1-4H3/t15-,22-/m0/s1. The number of hydrogen-bond donors (Lipinski definition) is 1. The van der Waals surface area contributed by atoms with E-state index in [1.54, 1.807) is 41.6 Å². The molecule has 2 aromatic heterocycles. The Labute approximate surface area is 197 Å². The topological polar surface area (TPSA) is 90.6 Å². The molecule has 0 unspecified atom stereocenters. The van der Waals surface area contributed by atoms with Gasteiger partial charge in [0, 0.05) is 62.8 Å². The van der Waals surface area contributed by atoms with Crippen LogP contribution in [-0.2, 0) is 24.9 Å². The van der Waals surface area contributed by atoms with Crippen molar-refractivity contribution in [2.75, 3.05) is 20.2 Å². The molecule has 9 nitrogen and oxygen atoms in total. The summed E-state index contributed by atoms with van der Waals surface area (Å²) in [6.07, 6.45) is 3.52. The number of hydrogen-bond acceptors (Lipinski definition) is 7. The first-order chi connectivity index (χ1) is 16.4. The third-order valence-electron chi connectivity index (χ3n) is 6.84. The number of carbonyl (C=O) groups excluding carboxylic acids is 1. The zero-order valence-electron chi connectivity index (χ0n) is 19.9. The Hall–Kier alpha value is -3.43. The molecule has 2 atom stereocenters. The lowest BCUT2D eigenvalue weighted by Crippen LogP contribution is -2.51. The third kappa shape index (κ3) is 3.91.